The molecule has 16 heavy (non-hydrogen) atoms. The molecule has 0 radical (unpaired) electrons. The molecule has 0 aromatic rings. The second-order valence-corrected chi connectivity index (χ2v) is 6.81. The Balaban J connectivity index is 2.21. The highest BCUT2D eigenvalue weighted by Crippen LogP contribution is 2.28. The minimum Gasteiger partial charge on any atom is -0.444 e. The van der Waals surface area contributed by atoms with Gasteiger partial charge >= 0.3 is 6.09 Å². The maximum atomic E-state index is 11.4. The van der Waals surface area contributed by atoms with Crippen molar-refractivity contribution in [3.8, 4) is 0 Å². The van der Waals surface area contributed by atoms with E-state index >= 15 is 0 Å². The summed E-state index contributed by atoms with van der Waals surface area (Å²) in [6.45, 7) is 6.36. The molecule has 1 aliphatic carbocycles. The van der Waals surface area contributed by atoms with Crippen LogP contribution in [0.3, 0.4) is 0 Å². The quantitative estimate of drug-likeness (QED) is 0.791. The van der Waals surface area contributed by atoms with E-state index < -0.39 is 5.60 Å². The van der Waals surface area contributed by atoms with Crippen LogP contribution in [0, 0.1) is 5.92 Å². The van der Waals surface area contributed by atoms with Gasteiger partial charge in [0, 0.05) is 11.4 Å². The summed E-state index contributed by atoms with van der Waals surface area (Å²) >= 11 is 3.64. The summed E-state index contributed by atoms with van der Waals surface area (Å²) in [7, 11) is 0. The van der Waals surface area contributed by atoms with Gasteiger partial charge in [-0.15, -0.1) is 0 Å². The number of amides is 1. The van der Waals surface area contributed by atoms with Gasteiger partial charge in [-0.3, -0.25) is 0 Å². The molecule has 3 nitrogen and oxygen atoms in total. The molecule has 0 aromatic carbocycles. The van der Waals surface area contributed by atoms with Crippen LogP contribution in [-0.2, 0) is 4.74 Å². The molecular formula is C12H22BrNO2. The molecule has 0 aliphatic heterocycles. The molecule has 1 fully saturated rings. The van der Waals surface area contributed by atoms with Gasteiger partial charge in [0.25, 0.3) is 0 Å². The molecular weight excluding hydrogens is 270 g/mol. The normalized spacial score (nSPS) is 26.2. The van der Waals surface area contributed by atoms with Gasteiger partial charge < -0.3 is 10.1 Å². The van der Waals surface area contributed by atoms with E-state index in [1.54, 1.807) is 0 Å². The lowest BCUT2D eigenvalue weighted by Gasteiger charge is -2.26. The number of carbonyl (C=O) groups excluding carboxylic acids is 1. The Kier molecular flexibility index (Phi) is 5.09. The first kappa shape index (κ1) is 13.8. The van der Waals surface area contributed by atoms with Crippen molar-refractivity contribution in [3.63, 3.8) is 0 Å². The summed E-state index contributed by atoms with van der Waals surface area (Å²) in [6, 6.07) is 0. The summed E-state index contributed by atoms with van der Waals surface area (Å²) in [5.41, 5.74) is -0.408. The van der Waals surface area contributed by atoms with Gasteiger partial charge in [-0.2, -0.15) is 0 Å². The van der Waals surface area contributed by atoms with E-state index in [-0.39, 0.29) is 6.09 Å². The molecule has 0 heterocycles. The second kappa shape index (κ2) is 5.89. The number of ether oxygens (including phenoxy) is 1. The van der Waals surface area contributed by atoms with Crippen molar-refractivity contribution in [2.24, 2.45) is 5.92 Å². The van der Waals surface area contributed by atoms with E-state index in [0.29, 0.717) is 10.7 Å². The fourth-order valence-corrected chi connectivity index (χ4v) is 2.81. The van der Waals surface area contributed by atoms with Crippen molar-refractivity contribution >= 4 is 22.0 Å². The zero-order valence-electron chi connectivity index (χ0n) is 10.4. The first-order chi connectivity index (χ1) is 7.37. The number of nitrogens with one attached hydrogen (secondary N) is 1. The molecule has 94 valence electrons. The van der Waals surface area contributed by atoms with Crippen LogP contribution >= 0.6 is 15.9 Å². The standard InChI is InChI=1S/C12H22BrNO2/c1-12(2,3)16-11(15)14-8-9-5-4-6-10(13)7-9/h9-10H,4-8H2,1-3H3,(H,14,15). The van der Waals surface area contributed by atoms with Crippen LogP contribution in [-0.4, -0.2) is 23.1 Å². The summed E-state index contributed by atoms with van der Waals surface area (Å²) in [4.78, 5) is 12.1. The molecule has 1 N–H and O–H groups in total. The van der Waals surface area contributed by atoms with E-state index in [2.05, 4.69) is 21.2 Å². The molecule has 2 unspecified atom stereocenters. The SMILES string of the molecule is CC(C)(C)OC(=O)NCC1CCCC(Br)C1. The number of carbonyl (C=O) groups is 1. The number of alkyl carbamates (subject to hydrolysis) is 1. The lowest BCUT2D eigenvalue weighted by Crippen LogP contribution is -2.36. The maximum Gasteiger partial charge on any atom is 0.407 e. The van der Waals surface area contributed by atoms with Crippen LogP contribution in [0.5, 0.6) is 0 Å². The topological polar surface area (TPSA) is 38.3 Å². The molecule has 1 saturated carbocycles. The Morgan fingerprint density at radius 1 is 1.44 bits per heavy atom. The number of hydrogen-bond acceptors (Lipinski definition) is 2. The van der Waals surface area contributed by atoms with E-state index in [4.69, 9.17) is 4.74 Å². The smallest absolute Gasteiger partial charge is 0.407 e. The average Bonchev–Trinajstić information content (AvgIpc) is 2.12. The monoisotopic (exact) mass is 291 g/mol. The van der Waals surface area contributed by atoms with Gasteiger partial charge in [-0.1, -0.05) is 22.4 Å². The predicted molar refractivity (Wildman–Crippen MR) is 68.9 cm³/mol. The highest BCUT2D eigenvalue weighted by atomic mass is 79.9. The summed E-state index contributed by atoms with van der Waals surface area (Å²) < 4.78 is 5.19. The first-order valence-electron chi connectivity index (χ1n) is 5.98. The predicted octanol–water partition coefficient (Wildman–Crippen LogP) is 3.46. The third kappa shape index (κ3) is 5.73. The molecule has 4 heteroatoms. The average molecular weight is 292 g/mol. The lowest BCUT2D eigenvalue weighted by molar-refractivity contribution is 0.0515. The zero-order valence-corrected chi connectivity index (χ0v) is 12.0. The third-order valence-electron chi connectivity index (χ3n) is 2.65. The van der Waals surface area contributed by atoms with Crippen molar-refractivity contribution in [1.82, 2.24) is 5.32 Å². The van der Waals surface area contributed by atoms with Crippen LogP contribution in [0.1, 0.15) is 46.5 Å². The Labute approximate surface area is 106 Å². The zero-order chi connectivity index (χ0) is 12.2. The molecule has 2 atom stereocenters. The first-order valence-corrected chi connectivity index (χ1v) is 6.89. The van der Waals surface area contributed by atoms with Gasteiger partial charge in [0.05, 0.1) is 0 Å². The second-order valence-electron chi connectivity index (χ2n) is 5.51. The molecule has 1 amide bonds. The highest BCUT2D eigenvalue weighted by molar-refractivity contribution is 9.09. The third-order valence-corrected chi connectivity index (χ3v) is 3.48. The Hall–Kier alpha value is -0.250. The molecule has 0 bridgehead atoms. The van der Waals surface area contributed by atoms with Crippen molar-refractivity contribution in [3.05, 3.63) is 0 Å². The van der Waals surface area contributed by atoms with E-state index in [9.17, 15) is 4.79 Å². The van der Waals surface area contributed by atoms with Gasteiger partial charge in [0.15, 0.2) is 0 Å². The number of rotatable bonds is 2. The fourth-order valence-electron chi connectivity index (χ4n) is 1.95. The van der Waals surface area contributed by atoms with Crippen molar-refractivity contribution in [1.29, 1.82) is 0 Å². The fraction of sp³-hybridized carbons (Fsp3) is 0.917. The van der Waals surface area contributed by atoms with Gasteiger partial charge in [-0.25, -0.2) is 4.79 Å². The van der Waals surface area contributed by atoms with E-state index in [0.717, 1.165) is 13.0 Å². The lowest BCUT2D eigenvalue weighted by atomic mass is 9.89. The van der Waals surface area contributed by atoms with Gasteiger partial charge in [-0.05, 0) is 46.0 Å². The van der Waals surface area contributed by atoms with Crippen LogP contribution < -0.4 is 5.32 Å². The van der Waals surface area contributed by atoms with Crippen LogP contribution in [0.25, 0.3) is 0 Å². The Bertz CT molecular complexity index is 238. The van der Waals surface area contributed by atoms with Crippen LogP contribution in [0.4, 0.5) is 4.79 Å². The van der Waals surface area contributed by atoms with E-state index in [1.165, 1.54) is 19.3 Å². The maximum absolute atomic E-state index is 11.4. The van der Waals surface area contributed by atoms with Crippen molar-refractivity contribution in [2.45, 2.75) is 56.9 Å². The molecule has 1 aliphatic rings. The van der Waals surface area contributed by atoms with Crippen molar-refractivity contribution in [2.75, 3.05) is 6.54 Å². The largest absolute Gasteiger partial charge is 0.444 e. The van der Waals surface area contributed by atoms with Crippen LogP contribution in [0.15, 0.2) is 0 Å². The molecule has 0 aromatic heterocycles. The Morgan fingerprint density at radius 3 is 2.69 bits per heavy atom. The number of hydrogen-bond donors (Lipinski definition) is 1. The summed E-state index contributed by atoms with van der Waals surface area (Å²) in [6.07, 6.45) is 4.55. The summed E-state index contributed by atoms with van der Waals surface area (Å²) in [5.74, 6) is 0.589. The van der Waals surface area contributed by atoms with Crippen LogP contribution in [0.2, 0.25) is 0 Å². The van der Waals surface area contributed by atoms with E-state index in [1.807, 2.05) is 20.8 Å². The number of halogens is 1. The molecule has 1 rings (SSSR count). The van der Waals surface area contributed by atoms with Crippen molar-refractivity contribution < 1.29 is 9.53 Å². The minimum absolute atomic E-state index is 0.302. The molecule has 0 saturated heterocycles. The molecule has 0 spiro atoms. The highest BCUT2D eigenvalue weighted by Gasteiger charge is 2.21. The minimum atomic E-state index is -0.408. The Morgan fingerprint density at radius 2 is 2.12 bits per heavy atom. The number of alkyl halides is 1. The van der Waals surface area contributed by atoms with Gasteiger partial charge in [0.1, 0.15) is 5.60 Å². The van der Waals surface area contributed by atoms with Gasteiger partial charge in [0.2, 0.25) is 0 Å². The summed E-state index contributed by atoms with van der Waals surface area (Å²) in [5, 5.41) is 2.85.